The van der Waals surface area contributed by atoms with Crippen LogP contribution in [0.1, 0.15) is 13.3 Å². The van der Waals surface area contributed by atoms with Crippen LogP contribution in [0.5, 0.6) is 0 Å². The summed E-state index contributed by atoms with van der Waals surface area (Å²) in [6.07, 6.45) is 1.90. The van der Waals surface area contributed by atoms with Gasteiger partial charge in [0.1, 0.15) is 0 Å². The number of fused-ring (bicyclic) bond motifs is 1. The minimum Gasteiger partial charge on any atom is -0.378 e. The fraction of sp³-hybridized carbons (Fsp3) is 0.227. The lowest BCUT2D eigenvalue weighted by Gasteiger charge is -2.22. The van der Waals surface area contributed by atoms with Crippen LogP contribution in [-0.2, 0) is 9.59 Å². The Bertz CT molecular complexity index is 978. The highest BCUT2D eigenvalue weighted by atomic mass is 16.2. The van der Waals surface area contributed by atoms with Crippen LogP contribution < -0.4 is 15.1 Å². The average Bonchev–Trinajstić information content (AvgIpc) is 2.68. The summed E-state index contributed by atoms with van der Waals surface area (Å²) >= 11 is 0. The van der Waals surface area contributed by atoms with Crippen LogP contribution in [-0.4, -0.2) is 37.4 Å². The maximum absolute atomic E-state index is 12.4. The molecule has 3 aromatic rings. The normalized spacial score (nSPS) is 10.5. The molecule has 28 heavy (non-hydrogen) atoms. The van der Waals surface area contributed by atoms with E-state index in [4.69, 9.17) is 0 Å². The Morgan fingerprint density at radius 2 is 1.71 bits per heavy atom. The standard InChI is InChI=1S/C22H24N4O2/c1-16(27)26(20-8-4-6-17-7-5-14-23-22(17)20)15-13-21(28)24-18-9-11-19(12-10-18)25(2)3/h4-12,14H,13,15H2,1-3H3,(H,24,28). The van der Waals surface area contributed by atoms with Gasteiger partial charge in [0.2, 0.25) is 11.8 Å². The predicted octanol–water partition coefficient (Wildman–Crippen LogP) is 3.68. The van der Waals surface area contributed by atoms with E-state index >= 15 is 0 Å². The van der Waals surface area contributed by atoms with Crippen molar-refractivity contribution in [2.24, 2.45) is 0 Å². The van der Waals surface area contributed by atoms with E-state index in [2.05, 4.69) is 10.3 Å². The van der Waals surface area contributed by atoms with E-state index in [-0.39, 0.29) is 24.8 Å². The highest BCUT2D eigenvalue weighted by molar-refractivity contribution is 6.01. The number of para-hydroxylation sites is 1. The first-order chi connectivity index (χ1) is 13.5. The molecule has 0 radical (unpaired) electrons. The Hall–Kier alpha value is -3.41. The average molecular weight is 376 g/mol. The smallest absolute Gasteiger partial charge is 0.226 e. The second-order valence-corrected chi connectivity index (χ2v) is 6.76. The molecule has 0 saturated heterocycles. The number of hydrogen-bond donors (Lipinski definition) is 1. The third-order valence-electron chi connectivity index (χ3n) is 4.51. The van der Waals surface area contributed by atoms with Gasteiger partial charge in [0.05, 0.1) is 11.2 Å². The van der Waals surface area contributed by atoms with E-state index < -0.39 is 0 Å². The van der Waals surface area contributed by atoms with Crippen molar-refractivity contribution >= 4 is 39.8 Å². The van der Waals surface area contributed by atoms with Gasteiger partial charge < -0.3 is 15.1 Å². The number of benzene rings is 2. The summed E-state index contributed by atoms with van der Waals surface area (Å²) < 4.78 is 0. The molecule has 0 atom stereocenters. The number of pyridine rings is 1. The lowest BCUT2D eigenvalue weighted by atomic mass is 10.1. The second kappa shape index (κ2) is 8.52. The summed E-state index contributed by atoms with van der Waals surface area (Å²) in [5, 5.41) is 3.84. The quantitative estimate of drug-likeness (QED) is 0.713. The zero-order valence-corrected chi connectivity index (χ0v) is 16.3. The van der Waals surface area contributed by atoms with Crippen LogP contribution >= 0.6 is 0 Å². The van der Waals surface area contributed by atoms with Crippen LogP contribution in [0.15, 0.2) is 60.8 Å². The molecule has 0 spiro atoms. The highest BCUT2D eigenvalue weighted by Crippen LogP contribution is 2.25. The number of rotatable bonds is 6. The Balaban J connectivity index is 1.69. The molecule has 0 fully saturated rings. The third kappa shape index (κ3) is 4.46. The fourth-order valence-electron chi connectivity index (χ4n) is 3.03. The van der Waals surface area contributed by atoms with E-state index in [0.29, 0.717) is 5.69 Å². The van der Waals surface area contributed by atoms with Crippen molar-refractivity contribution in [1.29, 1.82) is 0 Å². The van der Waals surface area contributed by atoms with Crippen molar-refractivity contribution in [2.75, 3.05) is 35.8 Å². The molecule has 2 amide bonds. The summed E-state index contributed by atoms with van der Waals surface area (Å²) in [7, 11) is 3.93. The molecule has 6 nitrogen and oxygen atoms in total. The van der Waals surface area contributed by atoms with Gasteiger partial charge in [0.25, 0.3) is 0 Å². The summed E-state index contributed by atoms with van der Waals surface area (Å²) in [6, 6.07) is 17.1. The third-order valence-corrected chi connectivity index (χ3v) is 4.51. The summed E-state index contributed by atoms with van der Waals surface area (Å²) in [5.41, 5.74) is 3.26. The number of carbonyl (C=O) groups is 2. The molecule has 0 bridgehead atoms. The largest absolute Gasteiger partial charge is 0.378 e. The monoisotopic (exact) mass is 376 g/mol. The van der Waals surface area contributed by atoms with Gasteiger partial charge in [-0.15, -0.1) is 0 Å². The van der Waals surface area contributed by atoms with E-state index in [0.717, 1.165) is 22.3 Å². The SMILES string of the molecule is CC(=O)N(CCC(=O)Nc1ccc(N(C)C)cc1)c1cccc2cccnc12. The van der Waals surface area contributed by atoms with E-state index in [1.807, 2.05) is 73.6 Å². The van der Waals surface area contributed by atoms with Crippen molar-refractivity contribution in [3.05, 3.63) is 60.8 Å². The van der Waals surface area contributed by atoms with Gasteiger partial charge >= 0.3 is 0 Å². The van der Waals surface area contributed by atoms with E-state index in [1.165, 1.54) is 6.92 Å². The number of hydrogen-bond acceptors (Lipinski definition) is 4. The molecular weight excluding hydrogens is 352 g/mol. The minimum atomic E-state index is -0.142. The number of aromatic nitrogens is 1. The maximum atomic E-state index is 12.4. The van der Waals surface area contributed by atoms with Crippen molar-refractivity contribution in [3.8, 4) is 0 Å². The van der Waals surface area contributed by atoms with Crippen molar-refractivity contribution in [3.63, 3.8) is 0 Å². The Kier molecular flexibility index (Phi) is 5.89. The van der Waals surface area contributed by atoms with E-state index in [1.54, 1.807) is 11.1 Å². The second-order valence-electron chi connectivity index (χ2n) is 6.76. The van der Waals surface area contributed by atoms with Gasteiger partial charge in [0, 0.05) is 56.9 Å². The minimum absolute atomic E-state index is 0.124. The molecule has 0 saturated carbocycles. The molecule has 0 aliphatic heterocycles. The molecule has 1 N–H and O–H groups in total. The highest BCUT2D eigenvalue weighted by Gasteiger charge is 2.16. The maximum Gasteiger partial charge on any atom is 0.226 e. The lowest BCUT2D eigenvalue weighted by Crippen LogP contribution is -2.32. The van der Waals surface area contributed by atoms with Crippen LogP contribution in [0, 0.1) is 0 Å². The Morgan fingerprint density at radius 3 is 2.39 bits per heavy atom. The summed E-state index contributed by atoms with van der Waals surface area (Å²) in [4.78, 5) is 32.6. The number of carbonyl (C=O) groups excluding carboxylic acids is 2. The Labute approximate surface area is 164 Å². The molecule has 0 aliphatic carbocycles. The zero-order valence-electron chi connectivity index (χ0n) is 16.3. The van der Waals surface area contributed by atoms with Crippen molar-refractivity contribution in [1.82, 2.24) is 4.98 Å². The van der Waals surface area contributed by atoms with Gasteiger partial charge in [-0.05, 0) is 36.4 Å². The Morgan fingerprint density at radius 1 is 1.00 bits per heavy atom. The van der Waals surface area contributed by atoms with Crippen LogP contribution in [0.4, 0.5) is 17.1 Å². The zero-order chi connectivity index (χ0) is 20.1. The van der Waals surface area contributed by atoms with Gasteiger partial charge in [-0.2, -0.15) is 0 Å². The van der Waals surface area contributed by atoms with Crippen molar-refractivity contribution < 1.29 is 9.59 Å². The first-order valence-corrected chi connectivity index (χ1v) is 9.15. The molecule has 3 rings (SSSR count). The molecule has 1 aromatic heterocycles. The van der Waals surface area contributed by atoms with Crippen LogP contribution in [0.25, 0.3) is 10.9 Å². The van der Waals surface area contributed by atoms with Gasteiger partial charge in [0.15, 0.2) is 0 Å². The summed E-state index contributed by atoms with van der Waals surface area (Å²) in [6.45, 7) is 1.78. The molecule has 0 unspecified atom stereocenters. The molecule has 2 aromatic carbocycles. The molecule has 1 heterocycles. The number of nitrogens with one attached hydrogen (secondary N) is 1. The molecular formula is C22H24N4O2. The number of nitrogens with zero attached hydrogens (tertiary/aromatic N) is 3. The van der Waals surface area contributed by atoms with Crippen LogP contribution in [0.3, 0.4) is 0 Å². The number of amides is 2. The lowest BCUT2D eigenvalue weighted by molar-refractivity contribution is -0.117. The first kappa shape index (κ1) is 19.4. The van der Waals surface area contributed by atoms with Gasteiger partial charge in [-0.25, -0.2) is 0 Å². The van der Waals surface area contributed by atoms with Gasteiger partial charge in [-0.3, -0.25) is 14.6 Å². The van der Waals surface area contributed by atoms with Crippen molar-refractivity contribution in [2.45, 2.75) is 13.3 Å². The molecule has 0 aliphatic rings. The first-order valence-electron chi connectivity index (χ1n) is 9.15. The number of anilines is 3. The van der Waals surface area contributed by atoms with Gasteiger partial charge in [-0.1, -0.05) is 18.2 Å². The van der Waals surface area contributed by atoms with E-state index in [9.17, 15) is 9.59 Å². The topological polar surface area (TPSA) is 65.5 Å². The summed E-state index contributed by atoms with van der Waals surface area (Å²) in [5.74, 6) is -0.265. The fourth-order valence-corrected chi connectivity index (χ4v) is 3.03. The van der Waals surface area contributed by atoms with Crippen LogP contribution in [0.2, 0.25) is 0 Å². The molecule has 6 heteroatoms. The predicted molar refractivity (Wildman–Crippen MR) is 114 cm³/mol. The molecule has 144 valence electrons.